The largest absolute Gasteiger partial charge is 0.373 e. The van der Waals surface area contributed by atoms with Crippen molar-refractivity contribution in [1.82, 2.24) is 14.7 Å². The Morgan fingerprint density at radius 1 is 0.871 bits per heavy atom. The molecule has 1 atom stereocenters. The number of hydrogen-bond acceptors (Lipinski definition) is 4. The Morgan fingerprint density at radius 2 is 1.55 bits per heavy atom. The molecule has 0 N–H and O–H groups in total. The average Bonchev–Trinajstić information content (AvgIpc) is 3.29. The van der Waals surface area contributed by atoms with Gasteiger partial charge in [-0.05, 0) is 57.9 Å². The topological polar surface area (TPSA) is 36.0 Å². The van der Waals surface area contributed by atoms with Crippen LogP contribution in [0.1, 0.15) is 87.0 Å². The predicted octanol–water partition coefficient (Wildman–Crippen LogP) is 4.41. The van der Waals surface area contributed by atoms with Crippen molar-refractivity contribution in [3.05, 3.63) is 0 Å². The summed E-state index contributed by atoms with van der Waals surface area (Å²) in [4.78, 5) is 19.5. The molecule has 180 valence electrons. The van der Waals surface area contributed by atoms with Gasteiger partial charge in [0.25, 0.3) is 0 Å². The van der Waals surface area contributed by atoms with Crippen LogP contribution < -0.4 is 0 Å². The van der Waals surface area contributed by atoms with Crippen molar-refractivity contribution in [2.45, 2.75) is 105 Å². The first-order valence-corrected chi connectivity index (χ1v) is 12.8. The standard InChI is InChI=1S/C26H49N3O2/c1-24(2,3)18-28-14-8-10-22(28)26(6,7)31-20-25(4,5)19-27-16-12-21(13-17-27)29-15-9-11-23(29)30/h21-22H,8-20H2,1-7H3/t22-/m0/s1. The van der Waals surface area contributed by atoms with Gasteiger partial charge in [-0.1, -0.05) is 34.6 Å². The zero-order valence-corrected chi connectivity index (χ0v) is 21.5. The minimum Gasteiger partial charge on any atom is -0.373 e. The zero-order chi connectivity index (χ0) is 22.9. The van der Waals surface area contributed by atoms with Crippen LogP contribution in [-0.2, 0) is 9.53 Å². The van der Waals surface area contributed by atoms with Crippen molar-refractivity contribution in [3.8, 4) is 0 Å². The molecule has 0 aromatic heterocycles. The first-order chi connectivity index (χ1) is 14.4. The normalized spacial score (nSPS) is 25.7. The molecule has 3 saturated heterocycles. The minimum atomic E-state index is -0.123. The summed E-state index contributed by atoms with van der Waals surface area (Å²) in [7, 11) is 0. The number of amides is 1. The SMILES string of the molecule is CC(C)(C)CN1CCC[C@H]1C(C)(C)OCC(C)(C)CN1CCC(N2CCCC2=O)CC1. The molecule has 0 radical (unpaired) electrons. The van der Waals surface area contributed by atoms with Gasteiger partial charge in [-0.15, -0.1) is 0 Å². The highest BCUT2D eigenvalue weighted by atomic mass is 16.5. The molecule has 1 amide bonds. The third-order valence-corrected chi connectivity index (χ3v) is 7.44. The van der Waals surface area contributed by atoms with Gasteiger partial charge >= 0.3 is 0 Å². The molecule has 0 saturated carbocycles. The number of ether oxygens (including phenoxy) is 1. The second-order valence-corrected chi connectivity index (χ2v) is 12.9. The number of hydrogen-bond donors (Lipinski definition) is 0. The third-order valence-electron chi connectivity index (χ3n) is 7.44. The molecule has 3 heterocycles. The van der Waals surface area contributed by atoms with E-state index in [2.05, 4.69) is 63.2 Å². The number of likely N-dealkylation sites (tertiary alicyclic amines) is 3. The quantitative estimate of drug-likeness (QED) is 0.566. The number of carbonyl (C=O) groups excluding carboxylic acids is 1. The van der Waals surface area contributed by atoms with Gasteiger partial charge in [-0.25, -0.2) is 0 Å². The molecule has 0 aromatic carbocycles. The molecular weight excluding hydrogens is 386 g/mol. The lowest BCUT2D eigenvalue weighted by Gasteiger charge is -2.43. The van der Waals surface area contributed by atoms with E-state index in [1.54, 1.807) is 0 Å². The van der Waals surface area contributed by atoms with E-state index >= 15 is 0 Å². The summed E-state index contributed by atoms with van der Waals surface area (Å²) >= 11 is 0. The van der Waals surface area contributed by atoms with Crippen molar-refractivity contribution in [2.75, 3.05) is 45.9 Å². The van der Waals surface area contributed by atoms with Crippen LogP contribution in [0.25, 0.3) is 0 Å². The van der Waals surface area contributed by atoms with Crippen LogP contribution in [-0.4, -0.2) is 84.2 Å². The molecule has 5 nitrogen and oxygen atoms in total. The summed E-state index contributed by atoms with van der Waals surface area (Å²) in [6.45, 7) is 23.7. The summed E-state index contributed by atoms with van der Waals surface area (Å²) in [6.07, 6.45) is 6.58. The molecule has 31 heavy (non-hydrogen) atoms. The van der Waals surface area contributed by atoms with Crippen LogP contribution in [0, 0.1) is 10.8 Å². The molecule has 0 bridgehead atoms. The van der Waals surface area contributed by atoms with Crippen LogP contribution in [0.4, 0.5) is 0 Å². The maximum Gasteiger partial charge on any atom is 0.222 e. The molecule has 0 aliphatic carbocycles. The van der Waals surface area contributed by atoms with Crippen molar-refractivity contribution < 1.29 is 9.53 Å². The molecule has 5 heteroatoms. The highest BCUT2D eigenvalue weighted by molar-refractivity contribution is 5.78. The Balaban J connectivity index is 1.46. The van der Waals surface area contributed by atoms with E-state index in [9.17, 15) is 4.79 Å². The molecule has 0 aromatic rings. The monoisotopic (exact) mass is 435 g/mol. The lowest BCUT2D eigenvalue weighted by Crippen LogP contribution is -2.52. The lowest BCUT2D eigenvalue weighted by molar-refractivity contribution is -0.130. The molecule has 3 fully saturated rings. The first-order valence-electron chi connectivity index (χ1n) is 12.8. The Morgan fingerprint density at radius 3 is 2.13 bits per heavy atom. The maximum absolute atomic E-state index is 12.1. The molecular formula is C26H49N3O2. The fourth-order valence-electron chi connectivity index (χ4n) is 5.98. The van der Waals surface area contributed by atoms with Crippen LogP contribution in [0.3, 0.4) is 0 Å². The lowest BCUT2D eigenvalue weighted by atomic mass is 9.90. The van der Waals surface area contributed by atoms with Crippen molar-refractivity contribution in [1.29, 1.82) is 0 Å². The van der Waals surface area contributed by atoms with E-state index in [1.165, 1.54) is 19.4 Å². The summed E-state index contributed by atoms with van der Waals surface area (Å²) in [5, 5.41) is 0. The fraction of sp³-hybridized carbons (Fsp3) is 0.962. The van der Waals surface area contributed by atoms with Gasteiger partial charge in [0.05, 0.1) is 12.2 Å². The van der Waals surface area contributed by atoms with E-state index in [0.29, 0.717) is 23.4 Å². The van der Waals surface area contributed by atoms with Crippen molar-refractivity contribution >= 4 is 5.91 Å². The summed E-state index contributed by atoms with van der Waals surface area (Å²) < 4.78 is 6.66. The van der Waals surface area contributed by atoms with Crippen LogP contribution in [0.15, 0.2) is 0 Å². The van der Waals surface area contributed by atoms with Crippen LogP contribution >= 0.6 is 0 Å². The molecule has 3 aliphatic rings. The number of carbonyl (C=O) groups is 1. The van der Waals surface area contributed by atoms with Gasteiger partial charge in [-0.2, -0.15) is 0 Å². The predicted molar refractivity (Wildman–Crippen MR) is 128 cm³/mol. The highest BCUT2D eigenvalue weighted by Gasteiger charge is 2.40. The van der Waals surface area contributed by atoms with Gasteiger partial charge in [0.2, 0.25) is 5.91 Å². The molecule has 0 spiro atoms. The van der Waals surface area contributed by atoms with E-state index < -0.39 is 0 Å². The average molecular weight is 436 g/mol. The smallest absolute Gasteiger partial charge is 0.222 e. The third kappa shape index (κ3) is 6.91. The van der Waals surface area contributed by atoms with Gasteiger partial charge < -0.3 is 14.5 Å². The first kappa shape index (κ1) is 25.0. The molecule has 3 rings (SSSR count). The Hall–Kier alpha value is -0.650. The van der Waals surface area contributed by atoms with Crippen molar-refractivity contribution in [2.24, 2.45) is 10.8 Å². The van der Waals surface area contributed by atoms with E-state index in [-0.39, 0.29) is 11.0 Å². The molecule has 0 unspecified atom stereocenters. The Bertz CT molecular complexity index is 602. The fourth-order valence-corrected chi connectivity index (χ4v) is 5.98. The maximum atomic E-state index is 12.1. The van der Waals surface area contributed by atoms with E-state index in [1.807, 2.05) is 0 Å². The molecule has 3 aliphatic heterocycles. The number of rotatable bonds is 8. The summed E-state index contributed by atoms with van der Waals surface area (Å²) in [5.74, 6) is 0.377. The summed E-state index contributed by atoms with van der Waals surface area (Å²) in [5.41, 5.74) is 0.326. The Kier molecular flexibility index (Phi) is 7.81. The van der Waals surface area contributed by atoms with E-state index in [0.717, 1.165) is 65.0 Å². The second-order valence-electron chi connectivity index (χ2n) is 12.9. The van der Waals surface area contributed by atoms with Crippen molar-refractivity contribution in [3.63, 3.8) is 0 Å². The Labute approximate surface area is 191 Å². The van der Waals surface area contributed by atoms with Gasteiger partial charge in [0, 0.05) is 56.6 Å². The zero-order valence-electron chi connectivity index (χ0n) is 21.5. The summed E-state index contributed by atoms with van der Waals surface area (Å²) in [6, 6.07) is 0.983. The van der Waals surface area contributed by atoms with Gasteiger partial charge in [0.15, 0.2) is 0 Å². The van der Waals surface area contributed by atoms with Gasteiger partial charge in [-0.3, -0.25) is 9.69 Å². The highest BCUT2D eigenvalue weighted by Crippen LogP contribution is 2.34. The van der Waals surface area contributed by atoms with Gasteiger partial charge in [0.1, 0.15) is 0 Å². The second kappa shape index (κ2) is 9.69. The number of nitrogens with zero attached hydrogens (tertiary/aromatic N) is 3. The van der Waals surface area contributed by atoms with E-state index in [4.69, 9.17) is 4.74 Å². The van der Waals surface area contributed by atoms with Crippen LogP contribution in [0.2, 0.25) is 0 Å². The minimum absolute atomic E-state index is 0.123. The number of piperidine rings is 1. The van der Waals surface area contributed by atoms with Crippen LogP contribution in [0.5, 0.6) is 0 Å².